The van der Waals surface area contributed by atoms with E-state index in [1.54, 1.807) is 25.1 Å². The van der Waals surface area contributed by atoms with Gasteiger partial charge in [0, 0.05) is 14.0 Å². The highest BCUT2D eigenvalue weighted by Crippen LogP contribution is 2.25. The minimum Gasteiger partial charge on any atom is -0.447 e. The third-order valence-corrected chi connectivity index (χ3v) is 2.25. The number of hydrogen-bond donors (Lipinski definition) is 0. The van der Waals surface area contributed by atoms with Crippen molar-refractivity contribution in [3.63, 3.8) is 0 Å². The Kier molecular flexibility index (Phi) is 3.28. The van der Waals surface area contributed by atoms with Crippen molar-refractivity contribution >= 4 is 5.91 Å². The van der Waals surface area contributed by atoms with E-state index >= 15 is 0 Å². The van der Waals surface area contributed by atoms with Crippen molar-refractivity contribution in [3.8, 4) is 0 Å². The van der Waals surface area contributed by atoms with Gasteiger partial charge in [-0.1, -0.05) is 13.8 Å². The summed E-state index contributed by atoms with van der Waals surface area (Å²) in [4.78, 5) is 17.0. The largest absolute Gasteiger partial charge is 0.447 e. The van der Waals surface area contributed by atoms with Gasteiger partial charge in [0.2, 0.25) is 11.8 Å². The Balaban J connectivity index is 2.91. The molecule has 0 aliphatic carbocycles. The van der Waals surface area contributed by atoms with Crippen molar-refractivity contribution in [3.05, 3.63) is 18.4 Å². The Hall–Kier alpha value is -1.32. The molecule has 14 heavy (non-hydrogen) atoms. The van der Waals surface area contributed by atoms with Gasteiger partial charge in [-0.2, -0.15) is 0 Å². The number of hydrogen-bond acceptors (Lipinski definition) is 3. The fourth-order valence-electron chi connectivity index (χ4n) is 1.47. The highest BCUT2D eigenvalue weighted by atomic mass is 16.3. The van der Waals surface area contributed by atoms with E-state index in [0.29, 0.717) is 5.89 Å². The van der Waals surface area contributed by atoms with Gasteiger partial charge in [0.25, 0.3) is 0 Å². The SMILES string of the molecule is CC(=O)N(C)C(c1ncco1)C(C)C. The number of amides is 1. The van der Waals surface area contributed by atoms with Gasteiger partial charge in [-0.3, -0.25) is 4.79 Å². The average Bonchev–Trinajstić information content (AvgIpc) is 2.56. The molecule has 0 radical (unpaired) electrons. The zero-order valence-electron chi connectivity index (χ0n) is 9.02. The van der Waals surface area contributed by atoms with Crippen molar-refractivity contribution < 1.29 is 9.21 Å². The summed E-state index contributed by atoms with van der Waals surface area (Å²) >= 11 is 0. The number of aromatic nitrogens is 1. The number of oxazole rings is 1. The lowest BCUT2D eigenvalue weighted by Gasteiger charge is -2.27. The van der Waals surface area contributed by atoms with Gasteiger partial charge < -0.3 is 9.32 Å². The molecular formula is C10H16N2O2. The summed E-state index contributed by atoms with van der Waals surface area (Å²) in [5, 5.41) is 0. The van der Waals surface area contributed by atoms with Gasteiger partial charge in [0.15, 0.2) is 0 Å². The normalized spacial score (nSPS) is 12.9. The predicted molar refractivity (Wildman–Crippen MR) is 52.5 cm³/mol. The molecular weight excluding hydrogens is 180 g/mol. The van der Waals surface area contributed by atoms with E-state index < -0.39 is 0 Å². The molecule has 78 valence electrons. The molecule has 0 N–H and O–H groups in total. The van der Waals surface area contributed by atoms with Crippen LogP contribution >= 0.6 is 0 Å². The van der Waals surface area contributed by atoms with Gasteiger partial charge in [-0.05, 0) is 5.92 Å². The maximum Gasteiger partial charge on any atom is 0.219 e. The first-order valence-electron chi connectivity index (χ1n) is 4.66. The van der Waals surface area contributed by atoms with E-state index in [0.717, 1.165) is 0 Å². The molecule has 1 aromatic rings. The molecule has 0 saturated heterocycles. The zero-order chi connectivity index (χ0) is 10.7. The molecule has 0 saturated carbocycles. The zero-order valence-corrected chi connectivity index (χ0v) is 9.02. The second kappa shape index (κ2) is 4.26. The first-order valence-corrected chi connectivity index (χ1v) is 4.66. The first kappa shape index (κ1) is 10.8. The van der Waals surface area contributed by atoms with Crippen LogP contribution in [0.2, 0.25) is 0 Å². The Bertz CT molecular complexity index is 293. The van der Waals surface area contributed by atoms with Crippen LogP contribution < -0.4 is 0 Å². The van der Waals surface area contributed by atoms with E-state index in [1.807, 2.05) is 13.8 Å². The molecule has 1 amide bonds. The lowest BCUT2D eigenvalue weighted by Crippen LogP contribution is -2.32. The van der Waals surface area contributed by atoms with Gasteiger partial charge in [0.1, 0.15) is 12.3 Å². The van der Waals surface area contributed by atoms with Crippen molar-refractivity contribution in [1.82, 2.24) is 9.88 Å². The molecule has 0 spiro atoms. The lowest BCUT2D eigenvalue weighted by molar-refractivity contribution is -0.131. The second-order valence-corrected chi connectivity index (χ2v) is 3.69. The standard InChI is InChI=1S/C10H16N2O2/c1-7(2)9(12(4)8(3)13)10-11-5-6-14-10/h5-7,9H,1-4H3. The monoisotopic (exact) mass is 196 g/mol. The summed E-state index contributed by atoms with van der Waals surface area (Å²) in [5.74, 6) is 0.891. The molecule has 1 rings (SSSR count). The molecule has 0 aliphatic heterocycles. The van der Waals surface area contributed by atoms with Crippen molar-refractivity contribution in [2.24, 2.45) is 5.92 Å². The van der Waals surface area contributed by atoms with Crippen LogP contribution in [0.4, 0.5) is 0 Å². The van der Waals surface area contributed by atoms with Crippen molar-refractivity contribution in [1.29, 1.82) is 0 Å². The molecule has 1 heterocycles. The maximum absolute atomic E-state index is 11.2. The van der Waals surface area contributed by atoms with Crippen LogP contribution in [0.5, 0.6) is 0 Å². The molecule has 1 atom stereocenters. The topological polar surface area (TPSA) is 46.3 Å². The number of carbonyl (C=O) groups excluding carboxylic acids is 1. The number of carbonyl (C=O) groups is 1. The average molecular weight is 196 g/mol. The lowest BCUT2D eigenvalue weighted by atomic mass is 10.0. The first-order chi connectivity index (χ1) is 6.54. The van der Waals surface area contributed by atoms with E-state index in [9.17, 15) is 4.79 Å². The molecule has 0 bridgehead atoms. The van der Waals surface area contributed by atoms with Gasteiger partial charge in [-0.25, -0.2) is 4.98 Å². The quantitative estimate of drug-likeness (QED) is 0.741. The Morgan fingerprint density at radius 2 is 2.21 bits per heavy atom. The third kappa shape index (κ3) is 2.13. The molecule has 0 aromatic carbocycles. The van der Waals surface area contributed by atoms with Crippen LogP contribution in [0, 0.1) is 5.92 Å². The van der Waals surface area contributed by atoms with E-state index in [2.05, 4.69) is 4.98 Å². The van der Waals surface area contributed by atoms with Gasteiger partial charge >= 0.3 is 0 Å². The summed E-state index contributed by atoms with van der Waals surface area (Å²) < 4.78 is 5.22. The van der Waals surface area contributed by atoms with Crippen molar-refractivity contribution in [2.45, 2.75) is 26.8 Å². The molecule has 4 heteroatoms. The summed E-state index contributed by atoms with van der Waals surface area (Å²) in [5.41, 5.74) is 0. The molecule has 4 nitrogen and oxygen atoms in total. The van der Waals surface area contributed by atoms with E-state index in [1.165, 1.54) is 6.26 Å². The summed E-state index contributed by atoms with van der Waals surface area (Å²) in [6, 6.07) is -0.0810. The van der Waals surface area contributed by atoms with Crippen LogP contribution in [0.25, 0.3) is 0 Å². The smallest absolute Gasteiger partial charge is 0.219 e. The highest BCUT2D eigenvalue weighted by molar-refractivity contribution is 5.73. The molecule has 0 aliphatic rings. The highest BCUT2D eigenvalue weighted by Gasteiger charge is 2.26. The van der Waals surface area contributed by atoms with Crippen LogP contribution in [0.3, 0.4) is 0 Å². The minimum absolute atomic E-state index is 0.0156. The summed E-state index contributed by atoms with van der Waals surface area (Å²) in [6.07, 6.45) is 3.12. The van der Waals surface area contributed by atoms with Gasteiger partial charge in [0.05, 0.1) is 6.20 Å². The minimum atomic E-state index is -0.0810. The van der Waals surface area contributed by atoms with E-state index in [4.69, 9.17) is 4.42 Å². The Morgan fingerprint density at radius 1 is 1.57 bits per heavy atom. The molecule has 1 aromatic heterocycles. The molecule has 1 unspecified atom stereocenters. The molecule has 0 fully saturated rings. The maximum atomic E-state index is 11.2. The predicted octanol–water partition coefficient (Wildman–Crippen LogP) is 1.85. The van der Waals surface area contributed by atoms with Crippen LogP contribution in [-0.2, 0) is 4.79 Å². The van der Waals surface area contributed by atoms with Crippen molar-refractivity contribution in [2.75, 3.05) is 7.05 Å². The van der Waals surface area contributed by atoms with Crippen LogP contribution in [-0.4, -0.2) is 22.8 Å². The van der Waals surface area contributed by atoms with Crippen LogP contribution in [0.15, 0.2) is 16.9 Å². The Morgan fingerprint density at radius 3 is 2.57 bits per heavy atom. The fraction of sp³-hybridized carbons (Fsp3) is 0.600. The van der Waals surface area contributed by atoms with Crippen LogP contribution in [0.1, 0.15) is 32.7 Å². The fourth-order valence-corrected chi connectivity index (χ4v) is 1.47. The second-order valence-electron chi connectivity index (χ2n) is 3.69. The summed E-state index contributed by atoms with van der Waals surface area (Å²) in [6.45, 7) is 5.61. The number of rotatable bonds is 3. The number of nitrogens with zero attached hydrogens (tertiary/aromatic N) is 2. The third-order valence-electron chi connectivity index (χ3n) is 2.25. The van der Waals surface area contributed by atoms with E-state index in [-0.39, 0.29) is 17.9 Å². The van der Waals surface area contributed by atoms with Gasteiger partial charge in [-0.15, -0.1) is 0 Å². The Labute approximate surface area is 83.9 Å². The summed E-state index contributed by atoms with van der Waals surface area (Å²) in [7, 11) is 1.76.